The summed E-state index contributed by atoms with van der Waals surface area (Å²) in [6, 6.07) is 0. The predicted octanol–water partition coefficient (Wildman–Crippen LogP) is 1.66. The third kappa shape index (κ3) is 1.37. The Bertz CT molecular complexity index is 282. The molecule has 0 radical (unpaired) electrons. The maximum atomic E-state index is 11.1. The lowest BCUT2D eigenvalue weighted by Crippen LogP contribution is -2.22. The van der Waals surface area contributed by atoms with Gasteiger partial charge in [-0.15, -0.1) is 0 Å². The van der Waals surface area contributed by atoms with Crippen LogP contribution in [0.4, 0.5) is 0 Å². The summed E-state index contributed by atoms with van der Waals surface area (Å²) in [4.78, 5) is 11.1. The van der Waals surface area contributed by atoms with Crippen molar-refractivity contribution in [3.05, 3.63) is 22.2 Å². The molecule has 11 heavy (non-hydrogen) atoms. The van der Waals surface area contributed by atoms with Gasteiger partial charge in [0.1, 0.15) is 6.26 Å². The summed E-state index contributed by atoms with van der Waals surface area (Å²) in [5.74, 6) is 0. The van der Waals surface area contributed by atoms with Crippen molar-refractivity contribution in [2.75, 3.05) is 0 Å². The fourth-order valence-corrected chi connectivity index (χ4v) is 0.908. The predicted molar refractivity (Wildman–Crippen MR) is 42.6 cm³/mol. The second-order valence-corrected chi connectivity index (χ2v) is 3.32. The van der Waals surface area contributed by atoms with Crippen molar-refractivity contribution in [2.24, 2.45) is 0 Å². The molecule has 0 bridgehead atoms. The van der Waals surface area contributed by atoms with E-state index in [9.17, 15) is 4.79 Å². The Hall–Kier alpha value is -0.990. The maximum Gasteiger partial charge on any atom is 0.283 e. The van der Waals surface area contributed by atoms with Gasteiger partial charge in [-0.05, 0) is 11.8 Å². The molecule has 1 aromatic heterocycles. The zero-order valence-corrected chi connectivity index (χ0v) is 7.10. The van der Waals surface area contributed by atoms with Crippen LogP contribution in [0.2, 0.25) is 0 Å². The van der Waals surface area contributed by atoms with E-state index in [2.05, 4.69) is 5.16 Å². The molecule has 0 spiro atoms. The number of aromatic nitrogens is 1. The molecule has 0 aliphatic carbocycles. The first-order chi connectivity index (χ1) is 5.08. The maximum absolute atomic E-state index is 11.1. The van der Waals surface area contributed by atoms with Crippen molar-refractivity contribution in [3.63, 3.8) is 0 Å². The third-order valence-corrected chi connectivity index (χ3v) is 2.19. The summed E-state index contributed by atoms with van der Waals surface area (Å²) in [5.41, 5.74) is 0.525. The van der Waals surface area contributed by atoms with E-state index in [0.29, 0.717) is 0 Å². The van der Waals surface area contributed by atoms with Gasteiger partial charge < -0.3 is 4.52 Å². The summed E-state index contributed by atoms with van der Waals surface area (Å²) in [5, 5.41) is 2.28. The highest BCUT2D eigenvalue weighted by molar-refractivity contribution is 5.14. The Morgan fingerprint density at radius 2 is 2.27 bits per heavy atom. The van der Waals surface area contributed by atoms with E-state index in [1.807, 2.05) is 20.8 Å². The standard InChI is InChI=1S/C8H13NO2/c1-4-8(2,3)6-5-11-9-7(6)10/h5H,4H2,1-3H3,(H,9,10). The first kappa shape index (κ1) is 8.11. The molecule has 0 unspecified atom stereocenters. The molecule has 1 heterocycles. The molecule has 0 aromatic carbocycles. The van der Waals surface area contributed by atoms with Crippen LogP contribution in [0, 0.1) is 0 Å². The molecule has 1 N–H and O–H groups in total. The first-order valence-electron chi connectivity index (χ1n) is 3.74. The van der Waals surface area contributed by atoms with Crippen LogP contribution >= 0.6 is 0 Å². The lowest BCUT2D eigenvalue weighted by molar-refractivity contribution is 0.410. The quantitative estimate of drug-likeness (QED) is 0.705. The highest BCUT2D eigenvalue weighted by Crippen LogP contribution is 2.22. The molecule has 0 atom stereocenters. The fourth-order valence-electron chi connectivity index (χ4n) is 0.908. The average molecular weight is 155 g/mol. The van der Waals surface area contributed by atoms with Gasteiger partial charge in [0.15, 0.2) is 0 Å². The molecule has 0 aliphatic heterocycles. The molecule has 3 heteroatoms. The Labute approximate surface area is 65.4 Å². The van der Waals surface area contributed by atoms with E-state index in [-0.39, 0.29) is 11.0 Å². The second-order valence-electron chi connectivity index (χ2n) is 3.32. The van der Waals surface area contributed by atoms with Gasteiger partial charge in [0.05, 0.1) is 5.56 Å². The summed E-state index contributed by atoms with van der Waals surface area (Å²) < 4.78 is 4.70. The average Bonchev–Trinajstić information content (AvgIpc) is 2.36. The number of aromatic amines is 1. The summed E-state index contributed by atoms with van der Waals surface area (Å²) in [7, 11) is 0. The highest BCUT2D eigenvalue weighted by Gasteiger charge is 2.22. The van der Waals surface area contributed by atoms with Crippen molar-refractivity contribution in [1.29, 1.82) is 0 Å². The summed E-state index contributed by atoms with van der Waals surface area (Å²) in [6.07, 6.45) is 2.42. The number of hydrogen-bond donors (Lipinski definition) is 1. The van der Waals surface area contributed by atoms with Gasteiger partial charge in [-0.1, -0.05) is 20.8 Å². The third-order valence-electron chi connectivity index (χ3n) is 2.19. The van der Waals surface area contributed by atoms with Gasteiger partial charge in [0.2, 0.25) is 0 Å². The topological polar surface area (TPSA) is 46.0 Å². The van der Waals surface area contributed by atoms with Gasteiger partial charge in [0, 0.05) is 0 Å². The van der Waals surface area contributed by atoms with Gasteiger partial charge in [-0.25, -0.2) is 0 Å². The van der Waals surface area contributed by atoms with Crippen LogP contribution < -0.4 is 5.56 Å². The van der Waals surface area contributed by atoms with Crippen molar-refractivity contribution < 1.29 is 4.52 Å². The zero-order valence-electron chi connectivity index (χ0n) is 7.10. The van der Waals surface area contributed by atoms with Crippen LogP contribution in [0.3, 0.4) is 0 Å². The number of hydrogen-bond acceptors (Lipinski definition) is 2. The molecule has 0 amide bonds. The number of nitrogens with one attached hydrogen (secondary N) is 1. The normalized spacial score (nSPS) is 11.9. The van der Waals surface area contributed by atoms with E-state index in [1.165, 1.54) is 6.26 Å². The molecule has 0 aliphatic rings. The van der Waals surface area contributed by atoms with Crippen LogP contribution in [0.15, 0.2) is 15.6 Å². The lowest BCUT2D eigenvalue weighted by atomic mass is 9.84. The molecule has 0 saturated carbocycles. The number of rotatable bonds is 2. The van der Waals surface area contributed by atoms with Crippen LogP contribution in [-0.2, 0) is 5.41 Å². The number of H-pyrrole nitrogens is 1. The van der Waals surface area contributed by atoms with Gasteiger partial charge in [-0.2, -0.15) is 5.16 Å². The Balaban J connectivity index is 3.11. The van der Waals surface area contributed by atoms with E-state index < -0.39 is 0 Å². The van der Waals surface area contributed by atoms with Crippen molar-refractivity contribution in [2.45, 2.75) is 32.6 Å². The largest absolute Gasteiger partial charge is 0.387 e. The van der Waals surface area contributed by atoms with Gasteiger partial charge in [-0.3, -0.25) is 4.79 Å². The van der Waals surface area contributed by atoms with E-state index >= 15 is 0 Å². The summed E-state index contributed by atoms with van der Waals surface area (Å²) >= 11 is 0. The molecule has 62 valence electrons. The van der Waals surface area contributed by atoms with E-state index in [0.717, 1.165) is 12.0 Å². The van der Waals surface area contributed by atoms with Crippen molar-refractivity contribution >= 4 is 0 Å². The van der Waals surface area contributed by atoms with Crippen LogP contribution in [-0.4, -0.2) is 5.16 Å². The fraction of sp³-hybridized carbons (Fsp3) is 0.625. The minimum absolute atomic E-state index is 0.0828. The minimum atomic E-state index is -0.114. The van der Waals surface area contributed by atoms with Gasteiger partial charge >= 0.3 is 0 Å². The molecule has 1 rings (SSSR count). The Morgan fingerprint density at radius 3 is 2.64 bits per heavy atom. The SMILES string of the molecule is CCC(C)(C)c1co[nH]c1=O. The minimum Gasteiger partial charge on any atom is -0.387 e. The van der Waals surface area contributed by atoms with E-state index in [1.54, 1.807) is 0 Å². The molecule has 0 saturated heterocycles. The Morgan fingerprint density at radius 1 is 1.64 bits per heavy atom. The highest BCUT2D eigenvalue weighted by atomic mass is 16.5. The molecular weight excluding hydrogens is 142 g/mol. The van der Waals surface area contributed by atoms with Crippen LogP contribution in [0.5, 0.6) is 0 Å². The second kappa shape index (κ2) is 2.57. The smallest absolute Gasteiger partial charge is 0.283 e. The molecule has 1 aromatic rings. The monoisotopic (exact) mass is 155 g/mol. The van der Waals surface area contributed by atoms with Crippen LogP contribution in [0.1, 0.15) is 32.8 Å². The Kier molecular flexibility index (Phi) is 1.89. The lowest BCUT2D eigenvalue weighted by Gasteiger charge is -2.18. The molecule has 3 nitrogen and oxygen atoms in total. The molecular formula is C8H13NO2. The van der Waals surface area contributed by atoms with Crippen molar-refractivity contribution in [1.82, 2.24) is 5.16 Å². The van der Waals surface area contributed by atoms with Gasteiger partial charge in [0.25, 0.3) is 5.56 Å². The van der Waals surface area contributed by atoms with Crippen molar-refractivity contribution in [3.8, 4) is 0 Å². The molecule has 0 fully saturated rings. The first-order valence-corrected chi connectivity index (χ1v) is 3.74. The zero-order chi connectivity index (χ0) is 8.48. The van der Waals surface area contributed by atoms with E-state index in [4.69, 9.17) is 4.52 Å². The summed E-state index contributed by atoms with van der Waals surface area (Å²) in [6.45, 7) is 6.09. The van der Waals surface area contributed by atoms with Crippen LogP contribution in [0.25, 0.3) is 0 Å².